The molecular weight excluding hydrogens is 205 g/mol. The minimum absolute atomic E-state index is 0. The van der Waals surface area contributed by atoms with E-state index in [0.717, 1.165) is 12.2 Å². The van der Waals surface area contributed by atoms with Crippen LogP contribution in [0.1, 0.15) is 13.3 Å². The molecule has 2 unspecified atom stereocenters. The van der Waals surface area contributed by atoms with Gasteiger partial charge in [-0.15, -0.1) is 0 Å². The van der Waals surface area contributed by atoms with Gasteiger partial charge < -0.3 is 0 Å². The van der Waals surface area contributed by atoms with Crippen molar-refractivity contribution in [2.45, 2.75) is 18.6 Å². The molecule has 1 saturated heterocycles. The molecule has 67 valence electrons. The fourth-order valence-electron chi connectivity index (χ4n) is 1.21. The average Bonchev–Trinajstić information content (AvgIpc) is 1.86. The summed E-state index contributed by atoms with van der Waals surface area (Å²) in [6.07, 6.45) is 0.728. The van der Waals surface area contributed by atoms with Crippen molar-refractivity contribution in [3.8, 4) is 0 Å². The molecule has 1 aliphatic rings. The molecule has 0 aromatic carbocycles. The van der Waals surface area contributed by atoms with Gasteiger partial charge in [-0.05, 0) is 18.1 Å². The van der Waals surface area contributed by atoms with Gasteiger partial charge in [-0.1, -0.05) is 6.92 Å². The molecule has 2 atom stereocenters. The smallest absolute Gasteiger partial charge is 0.212 e. The summed E-state index contributed by atoms with van der Waals surface area (Å²) in [6.45, 7) is 2.06. The van der Waals surface area contributed by atoms with Gasteiger partial charge in [0.15, 0.2) is 0 Å². The van der Waals surface area contributed by atoms with Crippen LogP contribution in [0.3, 0.4) is 0 Å². The van der Waals surface area contributed by atoms with E-state index in [4.69, 9.17) is 5.14 Å². The second-order valence-corrected chi connectivity index (χ2v) is 6.01. The summed E-state index contributed by atoms with van der Waals surface area (Å²) in [5.41, 5.74) is 0. The normalized spacial score (nSPS) is 30.8. The van der Waals surface area contributed by atoms with Crippen molar-refractivity contribution < 1.29 is 8.42 Å². The largest absolute Gasteiger partial charge is 0.228 e. The Morgan fingerprint density at radius 3 is 2.33 bits per heavy atom. The van der Waals surface area contributed by atoms with Gasteiger partial charge in [0.2, 0.25) is 10.0 Å². The molecular formula is C6H13NNaO2S2. The van der Waals surface area contributed by atoms with Crippen molar-refractivity contribution in [2.75, 3.05) is 11.5 Å². The van der Waals surface area contributed by atoms with Crippen LogP contribution in [0, 0.1) is 5.92 Å². The molecule has 1 fully saturated rings. The first-order valence-electron chi connectivity index (χ1n) is 3.59. The fraction of sp³-hybridized carbons (Fsp3) is 1.00. The molecule has 1 rings (SSSR count). The van der Waals surface area contributed by atoms with E-state index >= 15 is 0 Å². The predicted octanol–water partition coefficient (Wildman–Crippen LogP) is 0.0357. The molecule has 0 amide bonds. The Morgan fingerprint density at radius 1 is 1.42 bits per heavy atom. The zero-order chi connectivity index (χ0) is 8.48. The third kappa shape index (κ3) is 3.98. The molecule has 1 heterocycles. The van der Waals surface area contributed by atoms with Crippen molar-refractivity contribution >= 4 is 51.3 Å². The molecule has 0 aromatic heterocycles. The third-order valence-corrected chi connectivity index (χ3v) is 4.78. The van der Waals surface area contributed by atoms with E-state index in [1.54, 1.807) is 11.8 Å². The van der Waals surface area contributed by atoms with Crippen LogP contribution >= 0.6 is 11.8 Å². The average molecular weight is 218 g/mol. The molecule has 12 heavy (non-hydrogen) atoms. The van der Waals surface area contributed by atoms with Gasteiger partial charge in [0.1, 0.15) is 0 Å². The van der Waals surface area contributed by atoms with Crippen LogP contribution in [-0.4, -0.2) is 54.7 Å². The summed E-state index contributed by atoms with van der Waals surface area (Å²) in [7, 11) is -3.28. The maximum Gasteiger partial charge on any atom is 0.212 e. The molecule has 6 heteroatoms. The standard InChI is InChI=1S/C6H13NO2S2.Na/c1-5-2-6(4-10-3-5)11(7,8)9;/h5-6H,2-4H2,1H3,(H2,7,8,9);. The minimum atomic E-state index is -3.28. The van der Waals surface area contributed by atoms with Crippen LogP contribution in [-0.2, 0) is 10.0 Å². The molecule has 0 aromatic rings. The molecule has 1 aliphatic heterocycles. The maximum absolute atomic E-state index is 10.9. The fourth-order valence-corrected chi connectivity index (χ4v) is 3.93. The summed E-state index contributed by atoms with van der Waals surface area (Å²) in [4.78, 5) is 0. The number of hydrogen-bond donors (Lipinski definition) is 1. The Labute approximate surface area is 100 Å². The molecule has 0 spiro atoms. The summed E-state index contributed by atoms with van der Waals surface area (Å²) >= 11 is 1.68. The topological polar surface area (TPSA) is 60.2 Å². The van der Waals surface area contributed by atoms with Crippen LogP contribution in [0.25, 0.3) is 0 Å². The maximum atomic E-state index is 10.9. The second kappa shape index (κ2) is 5.22. The number of primary sulfonamides is 1. The van der Waals surface area contributed by atoms with Crippen molar-refractivity contribution in [3.05, 3.63) is 0 Å². The van der Waals surface area contributed by atoms with Crippen molar-refractivity contribution in [3.63, 3.8) is 0 Å². The Morgan fingerprint density at radius 2 is 2.00 bits per heavy atom. The Hall–Kier alpha value is 1.26. The Bertz CT molecular complexity index is 230. The summed E-state index contributed by atoms with van der Waals surface area (Å²) < 4.78 is 21.8. The van der Waals surface area contributed by atoms with Crippen LogP contribution in [0.2, 0.25) is 0 Å². The van der Waals surface area contributed by atoms with Crippen molar-refractivity contribution in [1.82, 2.24) is 0 Å². The first kappa shape index (κ1) is 13.3. The SMILES string of the molecule is CC1CSCC(S(N)(=O)=O)C1.[Na]. The first-order valence-corrected chi connectivity index (χ1v) is 6.36. The van der Waals surface area contributed by atoms with E-state index in [0.29, 0.717) is 11.7 Å². The number of thioether (sulfide) groups is 1. The van der Waals surface area contributed by atoms with Crippen LogP contribution in [0.5, 0.6) is 0 Å². The zero-order valence-electron chi connectivity index (χ0n) is 7.49. The first-order chi connectivity index (χ1) is 5.00. The van der Waals surface area contributed by atoms with E-state index in [-0.39, 0.29) is 34.8 Å². The van der Waals surface area contributed by atoms with E-state index in [1.165, 1.54) is 0 Å². The van der Waals surface area contributed by atoms with Crippen LogP contribution in [0.4, 0.5) is 0 Å². The monoisotopic (exact) mass is 218 g/mol. The van der Waals surface area contributed by atoms with Crippen LogP contribution in [0.15, 0.2) is 0 Å². The Kier molecular flexibility index (Phi) is 5.77. The summed E-state index contributed by atoms with van der Waals surface area (Å²) in [6, 6.07) is 0. The number of rotatable bonds is 1. The third-order valence-electron chi connectivity index (χ3n) is 1.84. The summed E-state index contributed by atoms with van der Waals surface area (Å²) in [5.74, 6) is 2.21. The number of sulfonamides is 1. The summed E-state index contributed by atoms with van der Waals surface area (Å²) in [5, 5.41) is 4.72. The molecule has 2 N–H and O–H groups in total. The van der Waals surface area contributed by atoms with E-state index in [1.807, 2.05) is 0 Å². The van der Waals surface area contributed by atoms with Gasteiger partial charge >= 0.3 is 0 Å². The van der Waals surface area contributed by atoms with E-state index in [2.05, 4.69) is 6.92 Å². The van der Waals surface area contributed by atoms with Gasteiger partial charge in [0.25, 0.3) is 0 Å². The predicted molar refractivity (Wildman–Crippen MR) is 53.8 cm³/mol. The van der Waals surface area contributed by atoms with E-state index in [9.17, 15) is 8.42 Å². The van der Waals surface area contributed by atoms with Gasteiger partial charge in [0, 0.05) is 35.3 Å². The van der Waals surface area contributed by atoms with Gasteiger partial charge in [-0.2, -0.15) is 11.8 Å². The van der Waals surface area contributed by atoms with Crippen molar-refractivity contribution in [1.29, 1.82) is 0 Å². The van der Waals surface area contributed by atoms with Gasteiger partial charge in [-0.25, -0.2) is 13.6 Å². The minimum Gasteiger partial charge on any atom is -0.228 e. The molecule has 0 saturated carbocycles. The van der Waals surface area contributed by atoms with Crippen LogP contribution < -0.4 is 5.14 Å². The molecule has 0 bridgehead atoms. The Balaban J connectivity index is 0.00000121. The van der Waals surface area contributed by atoms with E-state index < -0.39 is 10.0 Å². The quantitative estimate of drug-likeness (QED) is 0.632. The van der Waals surface area contributed by atoms with Crippen molar-refractivity contribution in [2.24, 2.45) is 11.1 Å². The molecule has 0 aliphatic carbocycles. The zero-order valence-corrected chi connectivity index (χ0v) is 11.1. The number of nitrogens with two attached hydrogens (primary N) is 1. The second-order valence-electron chi connectivity index (χ2n) is 3.09. The molecule has 1 radical (unpaired) electrons. The number of hydrogen-bond acceptors (Lipinski definition) is 3. The molecule has 3 nitrogen and oxygen atoms in total. The van der Waals surface area contributed by atoms with Gasteiger partial charge in [0.05, 0.1) is 5.25 Å². The van der Waals surface area contributed by atoms with Gasteiger partial charge in [-0.3, -0.25) is 0 Å².